The fraction of sp³-hybridized carbons (Fsp3) is 0. The largest absolute Gasteiger partial charge is 0.309 e. The molecule has 0 aromatic heterocycles. The molecule has 0 unspecified atom stereocenters. The second kappa shape index (κ2) is 11.3. The number of anilines is 6. The van der Waals surface area contributed by atoms with Crippen molar-refractivity contribution in [2.75, 3.05) is 9.80 Å². The molecule has 0 bridgehead atoms. The minimum absolute atomic E-state index is 0.0445. The quantitative estimate of drug-likeness (QED) is 0.133. The standard InChI is InChI=1S/C48H29BN2S2/c1-5-22-41-35(16-1)50(36-17-2-6-23-42(36)52-41)39-20-11-21-40(51-37-18-3-7-24-43(37)53-44-25-8-4-19-38(44)51)48(39)49-33-14-9-12-30-26-28-32-29-27-31-13-10-15-34(49)46(31)47(32)45(30)33/h1-29H. The molecule has 0 saturated carbocycles. The van der Waals surface area contributed by atoms with E-state index in [0.29, 0.717) is 0 Å². The maximum atomic E-state index is 2.54. The fourth-order valence-corrected chi connectivity index (χ4v) is 11.3. The summed E-state index contributed by atoms with van der Waals surface area (Å²) in [6.45, 7) is -0.0445. The van der Waals surface area contributed by atoms with Crippen LogP contribution in [0.3, 0.4) is 0 Å². The summed E-state index contributed by atoms with van der Waals surface area (Å²) in [5.41, 5.74) is 11.2. The molecular weight excluding hydrogens is 679 g/mol. The Bertz CT molecular complexity index is 2730. The molecule has 0 spiro atoms. The van der Waals surface area contributed by atoms with Crippen molar-refractivity contribution < 1.29 is 0 Å². The second-order valence-corrected chi connectivity index (χ2v) is 16.2. The number of hydrogen-bond donors (Lipinski definition) is 0. The lowest BCUT2D eigenvalue weighted by Gasteiger charge is -2.40. The molecule has 0 atom stereocenters. The molecule has 9 aromatic rings. The summed E-state index contributed by atoms with van der Waals surface area (Å²) in [5, 5.41) is 7.97. The van der Waals surface area contributed by atoms with Crippen LogP contribution in [0.15, 0.2) is 196 Å². The highest BCUT2D eigenvalue weighted by molar-refractivity contribution is 8.00. The molecule has 3 heterocycles. The SMILES string of the molecule is c1ccc2c(c1)Sc1ccccc1N2c1cccc(N2c3ccccc3Sc3ccccc32)c1B1c2cccc3ccc4ccc5cccc1c5c4c23. The molecule has 53 heavy (non-hydrogen) atoms. The van der Waals surface area contributed by atoms with Crippen LogP contribution in [0.1, 0.15) is 0 Å². The van der Waals surface area contributed by atoms with Gasteiger partial charge in [0.15, 0.2) is 0 Å². The van der Waals surface area contributed by atoms with Gasteiger partial charge in [-0.2, -0.15) is 0 Å². The average molecular weight is 709 g/mol. The van der Waals surface area contributed by atoms with Gasteiger partial charge in [0.2, 0.25) is 6.71 Å². The summed E-state index contributed by atoms with van der Waals surface area (Å²) in [6.07, 6.45) is 0. The summed E-state index contributed by atoms with van der Waals surface area (Å²) in [6, 6.07) is 65.7. The first kappa shape index (κ1) is 29.7. The van der Waals surface area contributed by atoms with Crippen LogP contribution < -0.4 is 26.2 Å². The van der Waals surface area contributed by atoms with Gasteiger partial charge in [0.05, 0.1) is 22.7 Å². The number of nitrogens with zero attached hydrogens (tertiary/aromatic N) is 2. The van der Waals surface area contributed by atoms with E-state index in [9.17, 15) is 0 Å². The van der Waals surface area contributed by atoms with Gasteiger partial charge in [-0.3, -0.25) is 0 Å². The van der Waals surface area contributed by atoms with Gasteiger partial charge < -0.3 is 9.80 Å². The lowest BCUT2D eigenvalue weighted by molar-refractivity contribution is 1.15. The smallest absolute Gasteiger partial charge is 0.248 e. The van der Waals surface area contributed by atoms with Gasteiger partial charge >= 0.3 is 0 Å². The first-order valence-electron chi connectivity index (χ1n) is 18.1. The Morgan fingerprint density at radius 1 is 0.302 bits per heavy atom. The monoisotopic (exact) mass is 708 g/mol. The Morgan fingerprint density at radius 2 is 0.642 bits per heavy atom. The zero-order chi connectivity index (χ0) is 34.6. The van der Waals surface area contributed by atoms with Crippen molar-refractivity contribution in [2.24, 2.45) is 0 Å². The van der Waals surface area contributed by atoms with Crippen molar-refractivity contribution in [1.82, 2.24) is 0 Å². The molecule has 9 aromatic carbocycles. The number of hydrogen-bond acceptors (Lipinski definition) is 4. The van der Waals surface area contributed by atoms with Gasteiger partial charge in [-0.25, -0.2) is 0 Å². The second-order valence-electron chi connectivity index (χ2n) is 14.0. The number of para-hydroxylation sites is 4. The molecule has 3 aliphatic heterocycles. The van der Waals surface area contributed by atoms with Crippen LogP contribution in [-0.4, -0.2) is 6.71 Å². The summed E-state index contributed by atoms with van der Waals surface area (Å²) >= 11 is 3.72. The Labute approximate surface area is 316 Å². The van der Waals surface area contributed by atoms with Crippen molar-refractivity contribution in [2.45, 2.75) is 19.6 Å². The number of rotatable bonds is 3. The molecule has 0 radical (unpaired) electrons. The van der Waals surface area contributed by atoms with Gasteiger partial charge in [-0.05, 0) is 98.4 Å². The van der Waals surface area contributed by atoms with Crippen molar-refractivity contribution >= 4 is 113 Å². The van der Waals surface area contributed by atoms with Crippen molar-refractivity contribution in [3.05, 3.63) is 176 Å². The fourth-order valence-electron chi connectivity index (χ4n) is 9.14. The van der Waals surface area contributed by atoms with Gasteiger partial charge in [0.25, 0.3) is 0 Å². The third kappa shape index (κ3) is 4.21. The molecule has 0 fully saturated rings. The van der Waals surface area contributed by atoms with E-state index in [1.807, 2.05) is 23.5 Å². The lowest BCUT2D eigenvalue weighted by atomic mass is 9.33. The van der Waals surface area contributed by atoms with E-state index in [1.165, 1.54) is 102 Å². The predicted molar refractivity (Wildman–Crippen MR) is 228 cm³/mol. The molecule has 246 valence electrons. The van der Waals surface area contributed by atoms with E-state index in [-0.39, 0.29) is 6.71 Å². The highest BCUT2D eigenvalue weighted by Crippen LogP contribution is 2.54. The Morgan fingerprint density at radius 3 is 1.06 bits per heavy atom. The molecule has 0 amide bonds. The number of fused-ring (bicyclic) bond motifs is 4. The lowest BCUT2D eigenvalue weighted by Crippen LogP contribution is -2.56. The Hall–Kier alpha value is -5.88. The van der Waals surface area contributed by atoms with Gasteiger partial charge in [0, 0.05) is 31.0 Å². The van der Waals surface area contributed by atoms with E-state index in [1.54, 1.807) is 0 Å². The maximum absolute atomic E-state index is 2.54. The molecular formula is C48H29BN2S2. The summed E-state index contributed by atoms with van der Waals surface area (Å²) in [5.74, 6) is 0. The van der Waals surface area contributed by atoms with Crippen LogP contribution in [0.2, 0.25) is 0 Å². The highest BCUT2D eigenvalue weighted by Gasteiger charge is 2.39. The molecule has 12 rings (SSSR count). The predicted octanol–water partition coefficient (Wildman–Crippen LogP) is 11.8. The molecule has 3 aliphatic rings. The Balaban J connectivity index is 1.25. The summed E-state index contributed by atoms with van der Waals surface area (Å²) in [4.78, 5) is 10.1. The van der Waals surface area contributed by atoms with Crippen molar-refractivity contribution in [3.8, 4) is 0 Å². The minimum Gasteiger partial charge on any atom is -0.309 e. The molecule has 0 aliphatic carbocycles. The highest BCUT2D eigenvalue weighted by atomic mass is 32.2. The zero-order valence-corrected chi connectivity index (χ0v) is 30.2. The van der Waals surface area contributed by atoms with Crippen LogP contribution in [0.4, 0.5) is 34.1 Å². The zero-order valence-electron chi connectivity index (χ0n) is 28.5. The van der Waals surface area contributed by atoms with Crippen LogP contribution in [0.5, 0.6) is 0 Å². The average Bonchev–Trinajstić information content (AvgIpc) is 3.22. The van der Waals surface area contributed by atoms with E-state index in [0.717, 1.165) is 0 Å². The number of benzene rings is 9. The molecule has 5 heteroatoms. The molecule has 2 nitrogen and oxygen atoms in total. The van der Waals surface area contributed by atoms with Gasteiger partial charge in [-0.1, -0.05) is 150 Å². The van der Waals surface area contributed by atoms with Crippen molar-refractivity contribution in [3.63, 3.8) is 0 Å². The first-order chi connectivity index (χ1) is 26.3. The van der Waals surface area contributed by atoms with E-state index in [4.69, 9.17) is 0 Å². The maximum Gasteiger partial charge on any atom is 0.248 e. The van der Waals surface area contributed by atoms with E-state index in [2.05, 4.69) is 186 Å². The minimum atomic E-state index is -0.0445. The first-order valence-corrected chi connectivity index (χ1v) is 19.8. The van der Waals surface area contributed by atoms with Crippen molar-refractivity contribution in [1.29, 1.82) is 0 Å². The normalized spacial score (nSPS) is 13.8. The van der Waals surface area contributed by atoms with Crippen LogP contribution in [0.25, 0.3) is 32.3 Å². The third-order valence-corrected chi connectivity index (χ3v) is 13.5. The molecule has 0 saturated heterocycles. The summed E-state index contributed by atoms with van der Waals surface area (Å²) < 4.78 is 0. The van der Waals surface area contributed by atoms with E-state index >= 15 is 0 Å². The van der Waals surface area contributed by atoms with Crippen LogP contribution >= 0.6 is 23.5 Å². The van der Waals surface area contributed by atoms with Crippen LogP contribution in [-0.2, 0) is 0 Å². The topological polar surface area (TPSA) is 6.48 Å². The third-order valence-electron chi connectivity index (χ3n) is 11.2. The van der Waals surface area contributed by atoms with Crippen LogP contribution in [0, 0.1) is 0 Å². The Kier molecular flexibility index (Phi) is 6.33. The molecule has 0 N–H and O–H groups in total. The van der Waals surface area contributed by atoms with Gasteiger partial charge in [0.1, 0.15) is 0 Å². The van der Waals surface area contributed by atoms with Gasteiger partial charge in [-0.15, -0.1) is 0 Å². The summed E-state index contributed by atoms with van der Waals surface area (Å²) in [7, 11) is 0. The van der Waals surface area contributed by atoms with E-state index < -0.39 is 0 Å².